The quantitative estimate of drug-likeness (QED) is 0.888. The second-order valence-electron chi connectivity index (χ2n) is 4.88. The van der Waals surface area contributed by atoms with Crippen molar-refractivity contribution in [1.29, 1.82) is 0 Å². The van der Waals surface area contributed by atoms with Crippen molar-refractivity contribution in [1.82, 2.24) is 4.98 Å². The van der Waals surface area contributed by atoms with E-state index in [0.29, 0.717) is 12.6 Å². The maximum Gasteiger partial charge on any atom is 0.171 e. The van der Waals surface area contributed by atoms with Gasteiger partial charge in [-0.15, -0.1) is 0 Å². The Hall–Kier alpha value is -1.29. The molecule has 1 aliphatic rings. The standard InChI is InChI=1S/C14H23N3O/c1-3-18-13-9-6-10-16-14(13)17(2)12-8-5-4-7-11(12)15/h6,9-12H,3-5,7-8,15H2,1-2H3. The molecule has 0 bridgehead atoms. The van der Waals surface area contributed by atoms with Gasteiger partial charge in [-0.3, -0.25) is 0 Å². The number of ether oxygens (including phenoxy) is 1. The van der Waals surface area contributed by atoms with Gasteiger partial charge in [0.2, 0.25) is 0 Å². The van der Waals surface area contributed by atoms with Gasteiger partial charge in [-0.05, 0) is 31.9 Å². The Morgan fingerprint density at radius 3 is 2.94 bits per heavy atom. The summed E-state index contributed by atoms with van der Waals surface area (Å²) in [5.74, 6) is 1.75. The number of hydrogen-bond donors (Lipinski definition) is 1. The molecule has 0 aliphatic heterocycles. The topological polar surface area (TPSA) is 51.4 Å². The van der Waals surface area contributed by atoms with Crippen molar-refractivity contribution >= 4 is 5.82 Å². The van der Waals surface area contributed by atoms with Crippen molar-refractivity contribution in [3.05, 3.63) is 18.3 Å². The molecule has 18 heavy (non-hydrogen) atoms. The van der Waals surface area contributed by atoms with E-state index < -0.39 is 0 Å². The molecule has 0 saturated heterocycles. The summed E-state index contributed by atoms with van der Waals surface area (Å²) >= 11 is 0. The summed E-state index contributed by atoms with van der Waals surface area (Å²) in [7, 11) is 2.07. The van der Waals surface area contributed by atoms with Crippen LogP contribution < -0.4 is 15.4 Å². The highest BCUT2D eigenvalue weighted by Gasteiger charge is 2.27. The van der Waals surface area contributed by atoms with Crippen molar-refractivity contribution in [3.8, 4) is 5.75 Å². The van der Waals surface area contributed by atoms with Gasteiger partial charge in [-0.1, -0.05) is 12.8 Å². The van der Waals surface area contributed by atoms with E-state index in [0.717, 1.165) is 24.4 Å². The van der Waals surface area contributed by atoms with Crippen LogP contribution in [0.1, 0.15) is 32.6 Å². The van der Waals surface area contributed by atoms with Gasteiger partial charge in [-0.2, -0.15) is 0 Å². The first kappa shape index (κ1) is 13.1. The fraction of sp³-hybridized carbons (Fsp3) is 0.643. The summed E-state index contributed by atoms with van der Waals surface area (Å²) in [5, 5.41) is 0. The highest BCUT2D eigenvalue weighted by Crippen LogP contribution is 2.30. The number of pyridine rings is 1. The van der Waals surface area contributed by atoms with Gasteiger partial charge in [0, 0.05) is 25.3 Å². The van der Waals surface area contributed by atoms with E-state index in [1.165, 1.54) is 12.8 Å². The minimum atomic E-state index is 0.236. The Morgan fingerprint density at radius 2 is 2.22 bits per heavy atom. The van der Waals surface area contributed by atoms with Crippen molar-refractivity contribution in [2.75, 3.05) is 18.6 Å². The third kappa shape index (κ3) is 2.75. The molecule has 2 rings (SSSR count). The molecule has 1 heterocycles. The Balaban J connectivity index is 2.19. The molecule has 0 amide bonds. The monoisotopic (exact) mass is 249 g/mol. The van der Waals surface area contributed by atoms with Crippen molar-refractivity contribution in [3.63, 3.8) is 0 Å². The lowest BCUT2D eigenvalue weighted by atomic mass is 9.90. The van der Waals surface area contributed by atoms with E-state index in [9.17, 15) is 0 Å². The predicted molar refractivity (Wildman–Crippen MR) is 74.0 cm³/mol. The molecule has 0 aromatic carbocycles. The van der Waals surface area contributed by atoms with Gasteiger partial charge in [0.1, 0.15) is 0 Å². The zero-order chi connectivity index (χ0) is 13.0. The van der Waals surface area contributed by atoms with E-state index in [-0.39, 0.29) is 6.04 Å². The molecule has 4 heteroatoms. The summed E-state index contributed by atoms with van der Waals surface area (Å²) in [4.78, 5) is 6.64. The minimum absolute atomic E-state index is 0.236. The smallest absolute Gasteiger partial charge is 0.171 e. The zero-order valence-corrected chi connectivity index (χ0v) is 11.3. The number of nitrogens with zero attached hydrogens (tertiary/aromatic N) is 2. The van der Waals surface area contributed by atoms with Crippen LogP contribution in [0.15, 0.2) is 18.3 Å². The third-order valence-corrected chi connectivity index (χ3v) is 3.66. The van der Waals surface area contributed by atoms with Crippen molar-refractivity contribution in [2.24, 2.45) is 5.73 Å². The highest BCUT2D eigenvalue weighted by molar-refractivity contribution is 5.52. The molecule has 2 N–H and O–H groups in total. The molecule has 2 unspecified atom stereocenters. The Morgan fingerprint density at radius 1 is 1.44 bits per heavy atom. The number of aromatic nitrogens is 1. The van der Waals surface area contributed by atoms with E-state index in [1.54, 1.807) is 0 Å². The van der Waals surface area contributed by atoms with Gasteiger partial charge >= 0.3 is 0 Å². The number of nitrogens with two attached hydrogens (primary N) is 1. The van der Waals surface area contributed by atoms with Crippen LogP contribution in [0.25, 0.3) is 0 Å². The molecule has 1 aliphatic carbocycles. The van der Waals surface area contributed by atoms with Gasteiger partial charge in [0.25, 0.3) is 0 Å². The molecule has 0 radical (unpaired) electrons. The Kier molecular flexibility index (Phi) is 4.42. The van der Waals surface area contributed by atoms with Crippen molar-refractivity contribution < 1.29 is 4.74 Å². The fourth-order valence-electron chi connectivity index (χ4n) is 2.69. The van der Waals surface area contributed by atoms with Gasteiger partial charge in [0.15, 0.2) is 11.6 Å². The van der Waals surface area contributed by atoms with Gasteiger partial charge in [-0.25, -0.2) is 4.98 Å². The number of rotatable bonds is 4. The second-order valence-corrected chi connectivity index (χ2v) is 4.88. The largest absolute Gasteiger partial charge is 0.490 e. The van der Waals surface area contributed by atoms with Crippen LogP contribution in [-0.2, 0) is 0 Å². The fourth-order valence-corrected chi connectivity index (χ4v) is 2.69. The number of anilines is 1. The molecule has 1 saturated carbocycles. The predicted octanol–water partition coefficient (Wildman–Crippen LogP) is 2.19. The van der Waals surface area contributed by atoms with E-state index in [1.807, 2.05) is 25.3 Å². The van der Waals surface area contributed by atoms with Crippen LogP contribution in [0.3, 0.4) is 0 Å². The van der Waals surface area contributed by atoms with E-state index >= 15 is 0 Å². The summed E-state index contributed by atoms with van der Waals surface area (Å²) in [6.45, 7) is 2.65. The Labute approximate surface area is 109 Å². The lowest BCUT2D eigenvalue weighted by Crippen LogP contribution is -2.48. The van der Waals surface area contributed by atoms with Gasteiger partial charge in [0.05, 0.1) is 6.61 Å². The first-order valence-corrected chi connectivity index (χ1v) is 6.80. The maximum atomic E-state index is 6.23. The summed E-state index contributed by atoms with van der Waals surface area (Å²) < 4.78 is 5.64. The first-order valence-electron chi connectivity index (χ1n) is 6.80. The highest BCUT2D eigenvalue weighted by atomic mass is 16.5. The molecule has 100 valence electrons. The van der Waals surface area contributed by atoms with Crippen LogP contribution in [0.2, 0.25) is 0 Å². The summed E-state index contributed by atoms with van der Waals surface area (Å²) in [6, 6.07) is 4.48. The lowest BCUT2D eigenvalue weighted by Gasteiger charge is -2.37. The van der Waals surface area contributed by atoms with E-state index in [4.69, 9.17) is 10.5 Å². The second kappa shape index (κ2) is 6.05. The zero-order valence-electron chi connectivity index (χ0n) is 11.3. The molecule has 2 atom stereocenters. The summed E-state index contributed by atoms with van der Waals surface area (Å²) in [5.41, 5.74) is 6.23. The van der Waals surface area contributed by atoms with Gasteiger partial charge < -0.3 is 15.4 Å². The molecule has 0 spiro atoms. The molecular weight excluding hydrogens is 226 g/mol. The normalized spacial score (nSPS) is 23.7. The molecule has 1 aromatic rings. The average Bonchev–Trinajstić information content (AvgIpc) is 2.40. The van der Waals surface area contributed by atoms with Crippen LogP contribution in [-0.4, -0.2) is 30.7 Å². The van der Waals surface area contributed by atoms with E-state index in [2.05, 4.69) is 16.9 Å². The minimum Gasteiger partial charge on any atom is -0.490 e. The lowest BCUT2D eigenvalue weighted by molar-refractivity contribution is 0.332. The third-order valence-electron chi connectivity index (χ3n) is 3.66. The molecular formula is C14H23N3O. The molecule has 1 fully saturated rings. The Bertz CT molecular complexity index is 383. The maximum absolute atomic E-state index is 6.23. The van der Waals surface area contributed by atoms with Crippen LogP contribution in [0.4, 0.5) is 5.82 Å². The molecule has 4 nitrogen and oxygen atoms in total. The SMILES string of the molecule is CCOc1cccnc1N(C)C1CCCCC1N. The molecule has 1 aromatic heterocycles. The van der Waals surface area contributed by atoms with Crippen LogP contribution in [0.5, 0.6) is 5.75 Å². The van der Waals surface area contributed by atoms with Crippen LogP contribution >= 0.6 is 0 Å². The average molecular weight is 249 g/mol. The number of hydrogen-bond acceptors (Lipinski definition) is 4. The van der Waals surface area contributed by atoms with Crippen LogP contribution in [0, 0.1) is 0 Å². The first-order chi connectivity index (χ1) is 8.74. The summed E-state index contributed by atoms with van der Waals surface area (Å²) in [6.07, 6.45) is 6.54. The number of likely N-dealkylation sites (N-methyl/N-ethyl adjacent to an activating group) is 1. The van der Waals surface area contributed by atoms with Crippen molar-refractivity contribution in [2.45, 2.75) is 44.7 Å².